The first-order valence-electron chi connectivity index (χ1n) is 6.11. The number of carbonyl (C=O) groups excluding carboxylic acids is 1. The SMILES string of the molecule is CNC(=O)NCCn1nc(C)cc1-c1cccnc1. The van der Waals surface area contributed by atoms with Gasteiger partial charge in [0, 0.05) is 31.5 Å². The van der Waals surface area contributed by atoms with Crippen LogP contribution < -0.4 is 10.6 Å². The fourth-order valence-corrected chi connectivity index (χ4v) is 1.83. The topological polar surface area (TPSA) is 71.8 Å². The van der Waals surface area contributed by atoms with Crippen molar-refractivity contribution >= 4 is 6.03 Å². The minimum Gasteiger partial charge on any atom is -0.341 e. The van der Waals surface area contributed by atoms with Crippen molar-refractivity contribution in [3.63, 3.8) is 0 Å². The highest BCUT2D eigenvalue weighted by molar-refractivity contribution is 5.73. The molecule has 0 unspecified atom stereocenters. The van der Waals surface area contributed by atoms with Gasteiger partial charge in [0.2, 0.25) is 0 Å². The molecule has 0 spiro atoms. The Bertz CT molecular complexity index is 549. The van der Waals surface area contributed by atoms with Crippen molar-refractivity contribution in [1.29, 1.82) is 0 Å². The van der Waals surface area contributed by atoms with E-state index in [1.54, 1.807) is 19.4 Å². The van der Waals surface area contributed by atoms with Gasteiger partial charge < -0.3 is 10.6 Å². The summed E-state index contributed by atoms with van der Waals surface area (Å²) >= 11 is 0. The Morgan fingerprint density at radius 2 is 2.32 bits per heavy atom. The summed E-state index contributed by atoms with van der Waals surface area (Å²) in [7, 11) is 1.59. The summed E-state index contributed by atoms with van der Waals surface area (Å²) in [6.45, 7) is 3.09. The highest BCUT2D eigenvalue weighted by Gasteiger charge is 2.08. The number of urea groups is 1. The van der Waals surface area contributed by atoms with Gasteiger partial charge in [0.15, 0.2) is 0 Å². The molecule has 0 atom stereocenters. The van der Waals surface area contributed by atoms with E-state index in [9.17, 15) is 4.79 Å². The number of pyridine rings is 1. The lowest BCUT2D eigenvalue weighted by Gasteiger charge is -2.08. The average Bonchev–Trinajstić information content (AvgIpc) is 2.80. The first kappa shape index (κ1) is 13.1. The number of aryl methyl sites for hydroxylation is 1. The van der Waals surface area contributed by atoms with E-state index in [1.807, 2.05) is 29.8 Å². The number of carbonyl (C=O) groups is 1. The maximum absolute atomic E-state index is 11.1. The standard InChI is InChI=1S/C13H17N5O/c1-10-8-12(11-4-3-5-15-9-11)18(17-10)7-6-16-13(19)14-2/h3-5,8-9H,6-7H2,1-2H3,(H2,14,16,19). The summed E-state index contributed by atoms with van der Waals surface area (Å²) < 4.78 is 1.88. The van der Waals surface area contributed by atoms with Gasteiger partial charge in [0.05, 0.1) is 17.9 Å². The van der Waals surface area contributed by atoms with Crippen molar-refractivity contribution in [2.24, 2.45) is 0 Å². The molecular formula is C13H17N5O. The fourth-order valence-electron chi connectivity index (χ4n) is 1.83. The molecule has 0 saturated carbocycles. The summed E-state index contributed by atoms with van der Waals surface area (Å²) in [6, 6.07) is 5.71. The van der Waals surface area contributed by atoms with E-state index in [2.05, 4.69) is 20.7 Å². The molecular weight excluding hydrogens is 242 g/mol. The van der Waals surface area contributed by atoms with E-state index in [0.29, 0.717) is 13.1 Å². The maximum Gasteiger partial charge on any atom is 0.314 e. The van der Waals surface area contributed by atoms with Gasteiger partial charge >= 0.3 is 6.03 Å². The van der Waals surface area contributed by atoms with Crippen LogP contribution in [0.5, 0.6) is 0 Å². The highest BCUT2D eigenvalue weighted by Crippen LogP contribution is 2.18. The van der Waals surface area contributed by atoms with Gasteiger partial charge in [-0.15, -0.1) is 0 Å². The normalized spacial score (nSPS) is 10.2. The fraction of sp³-hybridized carbons (Fsp3) is 0.308. The molecule has 0 fully saturated rings. The van der Waals surface area contributed by atoms with Crippen LogP contribution in [0.1, 0.15) is 5.69 Å². The van der Waals surface area contributed by atoms with Gasteiger partial charge in [-0.05, 0) is 25.1 Å². The zero-order chi connectivity index (χ0) is 13.7. The van der Waals surface area contributed by atoms with Crippen molar-refractivity contribution in [3.05, 3.63) is 36.3 Å². The molecule has 100 valence electrons. The van der Waals surface area contributed by atoms with Crippen LogP contribution in [0.4, 0.5) is 4.79 Å². The van der Waals surface area contributed by atoms with Gasteiger partial charge in [-0.25, -0.2) is 4.79 Å². The van der Waals surface area contributed by atoms with Crippen molar-refractivity contribution in [3.8, 4) is 11.3 Å². The van der Waals surface area contributed by atoms with Crippen LogP contribution in [0, 0.1) is 6.92 Å². The van der Waals surface area contributed by atoms with Crippen LogP contribution in [0.3, 0.4) is 0 Å². The Morgan fingerprint density at radius 3 is 3.00 bits per heavy atom. The Labute approximate surface area is 111 Å². The molecule has 19 heavy (non-hydrogen) atoms. The smallest absolute Gasteiger partial charge is 0.314 e. The number of amides is 2. The molecule has 0 bridgehead atoms. The molecule has 0 radical (unpaired) electrons. The zero-order valence-electron chi connectivity index (χ0n) is 11.1. The molecule has 2 rings (SSSR count). The third kappa shape index (κ3) is 3.31. The van der Waals surface area contributed by atoms with E-state index in [1.165, 1.54) is 0 Å². The molecule has 0 aliphatic heterocycles. The van der Waals surface area contributed by atoms with Crippen LogP contribution in [-0.2, 0) is 6.54 Å². The van der Waals surface area contributed by atoms with E-state index < -0.39 is 0 Å². The highest BCUT2D eigenvalue weighted by atomic mass is 16.2. The number of aromatic nitrogens is 3. The van der Waals surface area contributed by atoms with Crippen molar-refractivity contribution in [1.82, 2.24) is 25.4 Å². The minimum absolute atomic E-state index is 0.188. The summed E-state index contributed by atoms with van der Waals surface area (Å²) in [4.78, 5) is 15.2. The van der Waals surface area contributed by atoms with E-state index in [4.69, 9.17) is 0 Å². The number of nitrogens with zero attached hydrogens (tertiary/aromatic N) is 3. The van der Waals surface area contributed by atoms with Crippen molar-refractivity contribution in [2.45, 2.75) is 13.5 Å². The van der Waals surface area contributed by atoms with Crippen LogP contribution in [0.15, 0.2) is 30.6 Å². The molecule has 2 N–H and O–H groups in total. The van der Waals surface area contributed by atoms with Crippen LogP contribution >= 0.6 is 0 Å². The molecule has 0 aliphatic rings. The predicted molar refractivity (Wildman–Crippen MR) is 72.7 cm³/mol. The second kappa shape index (κ2) is 5.99. The number of nitrogens with one attached hydrogen (secondary N) is 2. The summed E-state index contributed by atoms with van der Waals surface area (Å²) in [5.41, 5.74) is 2.96. The van der Waals surface area contributed by atoms with E-state index in [0.717, 1.165) is 17.0 Å². The molecule has 2 heterocycles. The zero-order valence-corrected chi connectivity index (χ0v) is 11.1. The molecule has 0 aliphatic carbocycles. The molecule has 2 amide bonds. The Morgan fingerprint density at radius 1 is 1.47 bits per heavy atom. The quantitative estimate of drug-likeness (QED) is 0.866. The maximum atomic E-state index is 11.1. The Kier molecular flexibility index (Phi) is 4.12. The summed E-state index contributed by atoms with van der Waals surface area (Å²) in [5, 5.41) is 9.68. The number of hydrogen-bond acceptors (Lipinski definition) is 3. The van der Waals surface area contributed by atoms with E-state index in [-0.39, 0.29) is 6.03 Å². The summed E-state index contributed by atoms with van der Waals surface area (Å²) in [5.74, 6) is 0. The number of rotatable bonds is 4. The molecule has 0 aromatic carbocycles. The van der Waals surface area contributed by atoms with Gasteiger partial charge in [-0.1, -0.05) is 0 Å². The molecule has 6 nitrogen and oxygen atoms in total. The first-order valence-corrected chi connectivity index (χ1v) is 6.11. The monoisotopic (exact) mass is 259 g/mol. The summed E-state index contributed by atoms with van der Waals surface area (Å²) in [6.07, 6.45) is 3.54. The second-order valence-electron chi connectivity index (χ2n) is 4.14. The lowest BCUT2D eigenvalue weighted by atomic mass is 10.2. The lowest BCUT2D eigenvalue weighted by molar-refractivity contribution is 0.242. The van der Waals surface area contributed by atoms with E-state index >= 15 is 0 Å². The largest absolute Gasteiger partial charge is 0.341 e. The van der Waals surface area contributed by atoms with Gasteiger partial charge in [-0.3, -0.25) is 9.67 Å². The first-order chi connectivity index (χ1) is 9.20. The van der Waals surface area contributed by atoms with Gasteiger partial charge in [0.25, 0.3) is 0 Å². The molecule has 0 saturated heterocycles. The van der Waals surface area contributed by atoms with Crippen LogP contribution in [-0.4, -0.2) is 34.4 Å². The minimum atomic E-state index is -0.188. The van der Waals surface area contributed by atoms with Crippen LogP contribution in [0.2, 0.25) is 0 Å². The lowest BCUT2D eigenvalue weighted by Crippen LogP contribution is -2.35. The van der Waals surface area contributed by atoms with Crippen molar-refractivity contribution in [2.75, 3.05) is 13.6 Å². The Balaban J connectivity index is 2.11. The second-order valence-corrected chi connectivity index (χ2v) is 4.14. The average molecular weight is 259 g/mol. The number of hydrogen-bond donors (Lipinski definition) is 2. The Hall–Kier alpha value is -2.37. The van der Waals surface area contributed by atoms with Gasteiger partial charge in [0.1, 0.15) is 0 Å². The van der Waals surface area contributed by atoms with Gasteiger partial charge in [-0.2, -0.15) is 5.10 Å². The van der Waals surface area contributed by atoms with Crippen LogP contribution in [0.25, 0.3) is 11.3 Å². The molecule has 6 heteroatoms. The molecule has 2 aromatic rings. The predicted octanol–water partition coefficient (Wildman–Crippen LogP) is 1.18. The third-order valence-corrected chi connectivity index (χ3v) is 2.70. The third-order valence-electron chi connectivity index (χ3n) is 2.70. The molecule has 2 aromatic heterocycles. The van der Waals surface area contributed by atoms with Crippen molar-refractivity contribution < 1.29 is 4.79 Å².